The number of hydrogen-bond donors (Lipinski definition) is 2. The lowest BCUT2D eigenvalue weighted by Crippen LogP contribution is -2.45. The van der Waals surface area contributed by atoms with Gasteiger partial charge in [0.05, 0.1) is 6.10 Å². The Morgan fingerprint density at radius 1 is 1.09 bits per heavy atom. The lowest BCUT2D eigenvalue weighted by atomic mass is 9.94. The third-order valence-corrected chi connectivity index (χ3v) is 5.57. The summed E-state index contributed by atoms with van der Waals surface area (Å²) in [6.45, 7) is 4.18. The first-order valence-electron chi connectivity index (χ1n) is 8.73. The maximum Gasteiger partial charge on any atom is 0.133 e. The summed E-state index contributed by atoms with van der Waals surface area (Å²) in [5.74, 6) is 2.55. The standard InChI is InChI=1S/C17H26N4O/c1-11-19-16(12-4-6-18-7-5-12)10-17(20-11)21-13-2-3-14(21)9-15(22)8-13/h10,12-15,18,22H,2-9H2,1H3/t13-,14+,15?. The van der Waals surface area contributed by atoms with E-state index in [0.717, 1.165) is 37.6 Å². The fourth-order valence-electron chi connectivity index (χ4n) is 4.56. The topological polar surface area (TPSA) is 61.3 Å². The van der Waals surface area contributed by atoms with Crippen LogP contribution >= 0.6 is 0 Å². The SMILES string of the molecule is Cc1nc(C2CCNCC2)cc(N2[C@@H]3CC[C@H]2CC(O)C3)n1. The van der Waals surface area contributed by atoms with Crippen LogP contribution in [0.2, 0.25) is 0 Å². The van der Waals surface area contributed by atoms with Crippen molar-refractivity contribution < 1.29 is 5.11 Å². The molecule has 120 valence electrons. The zero-order chi connectivity index (χ0) is 15.1. The highest BCUT2D eigenvalue weighted by molar-refractivity contribution is 5.45. The number of aliphatic hydroxyl groups is 1. The van der Waals surface area contributed by atoms with E-state index in [2.05, 4.69) is 16.3 Å². The van der Waals surface area contributed by atoms with Gasteiger partial charge in [0.2, 0.25) is 0 Å². The van der Waals surface area contributed by atoms with Crippen LogP contribution in [0.4, 0.5) is 5.82 Å². The van der Waals surface area contributed by atoms with E-state index in [1.807, 2.05) is 6.92 Å². The number of aryl methyl sites for hydroxylation is 1. The van der Waals surface area contributed by atoms with Crippen LogP contribution < -0.4 is 10.2 Å². The number of anilines is 1. The molecule has 0 amide bonds. The predicted molar refractivity (Wildman–Crippen MR) is 86.1 cm³/mol. The van der Waals surface area contributed by atoms with Crippen LogP contribution in [-0.4, -0.2) is 46.4 Å². The van der Waals surface area contributed by atoms with Gasteiger partial charge in [-0.2, -0.15) is 0 Å². The third kappa shape index (κ3) is 2.61. The Balaban J connectivity index is 1.63. The Bertz CT molecular complexity index is 529. The maximum atomic E-state index is 10.0. The summed E-state index contributed by atoms with van der Waals surface area (Å²) in [5.41, 5.74) is 1.22. The van der Waals surface area contributed by atoms with Gasteiger partial charge in [-0.3, -0.25) is 0 Å². The number of aromatic nitrogens is 2. The van der Waals surface area contributed by atoms with E-state index in [-0.39, 0.29) is 6.10 Å². The fourth-order valence-corrected chi connectivity index (χ4v) is 4.56. The molecule has 1 aromatic rings. The average molecular weight is 302 g/mol. The normalized spacial score (nSPS) is 32.5. The summed E-state index contributed by atoms with van der Waals surface area (Å²) in [6.07, 6.45) is 6.37. The van der Waals surface area contributed by atoms with E-state index in [4.69, 9.17) is 9.97 Å². The maximum absolute atomic E-state index is 10.0. The van der Waals surface area contributed by atoms with Crippen molar-refractivity contribution in [1.82, 2.24) is 15.3 Å². The molecule has 3 aliphatic rings. The van der Waals surface area contributed by atoms with Crippen molar-refractivity contribution >= 4 is 5.82 Å². The Morgan fingerprint density at radius 3 is 2.45 bits per heavy atom. The molecular weight excluding hydrogens is 276 g/mol. The van der Waals surface area contributed by atoms with Crippen molar-refractivity contribution in [3.8, 4) is 0 Å². The molecule has 0 spiro atoms. The molecule has 3 atom stereocenters. The molecule has 0 aliphatic carbocycles. The minimum absolute atomic E-state index is 0.124. The molecule has 1 aromatic heterocycles. The van der Waals surface area contributed by atoms with Gasteiger partial charge < -0.3 is 15.3 Å². The van der Waals surface area contributed by atoms with Gasteiger partial charge in [0.25, 0.3) is 0 Å². The minimum Gasteiger partial charge on any atom is -0.393 e. The van der Waals surface area contributed by atoms with E-state index in [1.165, 1.54) is 31.4 Å². The zero-order valence-electron chi connectivity index (χ0n) is 13.3. The van der Waals surface area contributed by atoms with Crippen molar-refractivity contribution in [3.05, 3.63) is 17.6 Å². The van der Waals surface area contributed by atoms with Gasteiger partial charge in [0.15, 0.2) is 0 Å². The summed E-state index contributed by atoms with van der Waals surface area (Å²) in [4.78, 5) is 11.9. The molecule has 2 N–H and O–H groups in total. The van der Waals surface area contributed by atoms with Crippen LogP contribution in [0, 0.1) is 6.92 Å². The van der Waals surface area contributed by atoms with Crippen molar-refractivity contribution in [2.24, 2.45) is 0 Å². The molecule has 4 rings (SSSR count). The second-order valence-electron chi connectivity index (χ2n) is 7.14. The second kappa shape index (κ2) is 5.78. The molecule has 0 aromatic carbocycles. The number of aliphatic hydroxyl groups excluding tert-OH is 1. The van der Waals surface area contributed by atoms with Crippen LogP contribution in [0.1, 0.15) is 56.0 Å². The summed E-state index contributed by atoms with van der Waals surface area (Å²) < 4.78 is 0. The smallest absolute Gasteiger partial charge is 0.133 e. The van der Waals surface area contributed by atoms with Gasteiger partial charge in [0, 0.05) is 29.8 Å². The first-order valence-corrected chi connectivity index (χ1v) is 8.73. The van der Waals surface area contributed by atoms with Gasteiger partial charge in [-0.1, -0.05) is 0 Å². The zero-order valence-corrected chi connectivity index (χ0v) is 13.3. The van der Waals surface area contributed by atoms with Crippen LogP contribution in [0.5, 0.6) is 0 Å². The van der Waals surface area contributed by atoms with Crippen LogP contribution in [-0.2, 0) is 0 Å². The summed E-state index contributed by atoms with van der Waals surface area (Å²) in [5, 5.41) is 13.4. The van der Waals surface area contributed by atoms with Crippen molar-refractivity contribution in [1.29, 1.82) is 0 Å². The summed E-state index contributed by atoms with van der Waals surface area (Å²) in [7, 11) is 0. The molecule has 4 heterocycles. The largest absolute Gasteiger partial charge is 0.393 e. The van der Waals surface area contributed by atoms with E-state index < -0.39 is 0 Å². The molecule has 5 heteroatoms. The van der Waals surface area contributed by atoms with Gasteiger partial charge in [0.1, 0.15) is 11.6 Å². The molecular formula is C17H26N4O. The van der Waals surface area contributed by atoms with E-state index >= 15 is 0 Å². The quantitative estimate of drug-likeness (QED) is 0.871. The third-order valence-electron chi connectivity index (χ3n) is 5.57. The van der Waals surface area contributed by atoms with Crippen molar-refractivity contribution in [3.63, 3.8) is 0 Å². The number of hydrogen-bond acceptors (Lipinski definition) is 5. The van der Waals surface area contributed by atoms with Gasteiger partial charge in [-0.25, -0.2) is 9.97 Å². The van der Waals surface area contributed by atoms with E-state index in [0.29, 0.717) is 18.0 Å². The Labute approximate surface area is 132 Å². The molecule has 1 unspecified atom stereocenters. The molecule has 2 bridgehead atoms. The minimum atomic E-state index is -0.124. The number of nitrogens with one attached hydrogen (secondary N) is 1. The molecule has 3 aliphatic heterocycles. The second-order valence-corrected chi connectivity index (χ2v) is 7.14. The van der Waals surface area contributed by atoms with E-state index in [1.54, 1.807) is 0 Å². The highest BCUT2D eigenvalue weighted by atomic mass is 16.3. The number of nitrogens with zero attached hydrogens (tertiary/aromatic N) is 3. The lowest BCUT2D eigenvalue weighted by Gasteiger charge is -2.38. The molecule has 3 fully saturated rings. The Morgan fingerprint density at radius 2 is 1.77 bits per heavy atom. The Kier molecular flexibility index (Phi) is 3.78. The Hall–Kier alpha value is -1.20. The van der Waals surface area contributed by atoms with Crippen molar-refractivity contribution in [2.45, 2.75) is 69.6 Å². The van der Waals surface area contributed by atoms with Crippen LogP contribution in [0.15, 0.2) is 6.07 Å². The summed E-state index contributed by atoms with van der Waals surface area (Å²) >= 11 is 0. The monoisotopic (exact) mass is 302 g/mol. The van der Waals surface area contributed by atoms with Crippen molar-refractivity contribution in [2.75, 3.05) is 18.0 Å². The average Bonchev–Trinajstić information content (AvgIpc) is 2.79. The van der Waals surface area contributed by atoms with Gasteiger partial charge in [-0.05, 0) is 58.5 Å². The fraction of sp³-hybridized carbons (Fsp3) is 0.765. The molecule has 22 heavy (non-hydrogen) atoms. The first kappa shape index (κ1) is 14.4. The lowest BCUT2D eigenvalue weighted by molar-refractivity contribution is 0.126. The van der Waals surface area contributed by atoms with Crippen LogP contribution in [0.3, 0.4) is 0 Å². The first-order chi connectivity index (χ1) is 10.7. The number of rotatable bonds is 2. The van der Waals surface area contributed by atoms with Gasteiger partial charge in [-0.15, -0.1) is 0 Å². The molecule has 3 saturated heterocycles. The highest BCUT2D eigenvalue weighted by Crippen LogP contribution is 2.39. The predicted octanol–water partition coefficient (Wildman–Crippen LogP) is 1.74. The molecule has 5 nitrogen and oxygen atoms in total. The number of piperidine rings is 2. The molecule has 0 radical (unpaired) electrons. The molecule has 0 saturated carbocycles. The highest BCUT2D eigenvalue weighted by Gasteiger charge is 2.41. The van der Waals surface area contributed by atoms with Crippen LogP contribution in [0.25, 0.3) is 0 Å². The summed E-state index contributed by atoms with van der Waals surface area (Å²) in [6, 6.07) is 3.15. The van der Waals surface area contributed by atoms with E-state index in [9.17, 15) is 5.11 Å². The van der Waals surface area contributed by atoms with Gasteiger partial charge >= 0.3 is 0 Å². The number of fused-ring (bicyclic) bond motifs is 2.